The highest BCUT2D eigenvalue weighted by Crippen LogP contribution is 2.24. The molecule has 0 saturated heterocycles. The summed E-state index contributed by atoms with van der Waals surface area (Å²) >= 11 is 5.20. The van der Waals surface area contributed by atoms with Crippen molar-refractivity contribution in [1.29, 1.82) is 0 Å². The number of nitrogens with zero attached hydrogens (tertiary/aromatic N) is 5. The quantitative estimate of drug-likeness (QED) is 0.356. The minimum atomic E-state index is -0.521. The molecule has 3 rings (SSSR count). The van der Waals surface area contributed by atoms with Crippen LogP contribution in [0.1, 0.15) is 36.1 Å². The number of nitro benzene ring substituents is 1. The third-order valence-electron chi connectivity index (χ3n) is 4.14. The zero-order chi connectivity index (χ0) is 20.3. The normalized spacial score (nSPS) is 11.0. The summed E-state index contributed by atoms with van der Waals surface area (Å²) in [5.74, 6) is 0.340. The molecule has 146 valence electrons. The van der Waals surface area contributed by atoms with Gasteiger partial charge in [0.05, 0.1) is 11.3 Å². The van der Waals surface area contributed by atoms with Gasteiger partial charge in [0.15, 0.2) is 4.77 Å². The molecule has 0 aliphatic heterocycles. The molecule has 0 saturated carbocycles. The number of hydrogen-bond acceptors (Lipinski definition) is 6. The van der Waals surface area contributed by atoms with Crippen LogP contribution in [0.5, 0.6) is 0 Å². The Bertz CT molecular complexity index is 1050. The number of carbonyl (C=O) groups is 1. The van der Waals surface area contributed by atoms with E-state index in [9.17, 15) is 14.9 Å². The Morgan fingerprint density at radius 3 is 2.86 bits per heavy atom. The van der Waals surface area contributed by atoms with Crippen LogP contribution in [0, 0.1) is 14.9 Å². The van der Waals surface area contributed by atoms with Crippen molar-refractivity contribution in [3.63, 3.8) is 0 Å². The predicted molar refractivity (Wildman–Crippen MR) is 104 cm³/mol. The van der Waals surface area contributed by atoms with Crippen molar-refractivity contribution < 1.29 is 9.72 Å². The predicted octanol–water partition coefficient (Wildman–Crippen LogP) is 2.59. The maximum absolute atomic E-state index is 12.4. The third-order valence-corrected chi connectivity index (χ3v) is 4.43. The highest BCUT2D eigenvalue weighted by Gasteiger charge is 2.19. The van der Waals surface area contributed by atoms with Crippen molar-refractivity contribution in [3.05, 3.63) is 63.2 Å². The number of nitro groups is 1. The van der Waals surface area contributed by atoms with E-state index in [1.807, 2.05) is 18.4 Å². The van der Waals surface area contributed by atoms with Gasteiger partial charge in [-0.25, -0.2) is 4.98 Å². The monoisotopic (exact) mass is 401 g/mol. The number of imidazole rings is 1. The van der Waals surface area contributed by atoms with E-state index in [0.717, 1.165) is 5.82 Å². The molecule has 28 heavy (non-hydrogen) atoms. The van der Waals surface area contributed by atoms with Crippen LogP contribution >= 0.6 is 12.2 Å². The minimum absolute atomic E-state index is 0.148. The smallest absolute Gasteiger partial charge is 0.294 e. The molecule has 10 nitrogen and oxygen atoms in total. The topological polar surface area (TPSA) is 124 Å². The molecule has 2 heterocycles. The second kappa shape index (κ2) is 8.13. The van der Waals surface area contributed by atoms with Crippen LogP contribution in [0.25, 0.3) is 5.69 Å². The molecule has 0 bridgehead atoms. The molecule has 0 unspecified atom stereocenters. The molecule has 11 heteroatoms. The maximum atomic E-state index is 12.4. The Hall–Kier alpha value is -3.34. The van der Waals surface area contributed by atoms with Gasteiger partial charge in [-0.05, 0) is 38.2 Å². The number of rotatable bonds is 7. The largest absolute Gasteiger partial charge is 0.352 e. The number of nitrogens with one attached hydrogen (secondary N) is 2. The van der Waals surface area contributed by atoms with E-state index in [4.69, 9.17) is 12.2 Å². The molecular weight excluding hydrogens is 382 g/mol. The van der Waals surface area contributed by atoms with Gasteiger partial charge >= 0.3 is 0 Å². The lowest BCUT2D eigenvalue weighted by Crippen LogP contribution is -2.26. The Kier molecular flexibility index (Phi) is 5.64. The van der Waals surface area contributed by atoms with Crippen LogP contribution in [0.4, 0.5) is 5.69 Å². The van der Waals surface area contributed by atoms with Crippen molar-refractivity contribution in [3.8, 4) is 5.69 Å². The van der Waals surface area contributed by atoms with Gasteiger partial charge < -0.3 is 14.5 Å². The zero-order valence-corrected chi connectivity index (χ0v) is 16.1. The Balaban J connectivity index is 1.72. The number of aromatic nitrogens is 5. The molecular formula is C17H19N7O3S. The summed E-state index contributed by atoms with van der Waals surface area (Å²) in [6, 6.07) is 4.48. The first-order valence-electron chi connectivity index (χ1n) is 8.59. The van der Waals surface area contributed by atoms with Crippen LogP contribution in [0.2, 0.25) is 0 Å². The molecule has 3 aromatic rings. The van der Waals surface area contributed by atoms with Crippen LogP contribution < -0.4 is 5.32 Å². The van der Waals surface area contributed by atoms with E-state index in [0.29, 0.717) is 23.4 Å². The van der Waals surface area contributed by atoms with Crippen molar-refractivity contribution in [1.82, 2.24) is 29.6 Å². The van der Waals surface area contributed by atoms with Gasteiger partial charge in [0.25, 0.3) is 11.6 Å². The molecule has 0 spiro atoms. The van der Waals surface area contributed by atoms with Crippen LogP contribution in [0.15, 0.2) is 36.9 Å². The van der Waals surface area contributed by atoms with E-state index in [1.54, 1.807) is 12.3 Å². The lowest BCUT2D eigenvalue weighted by molar-refractivity contribution is -0.384. The van der Waals surface area contributed by atoms with Gasteiger partial charge in [-0.1, -0.05) is 0 Å². The second-order valence-corrected chi connectivity index (χ2v) is 6.73. The number of amides is 1. The molecule has 0 fully saturated rings. The average molecular weight is 401 g/mol. The summed E-state index contributed by atoms with van der Waals surface area (Å²) in [6.45, 7) is 4.31. The summed E-state index contributed by atoms with van der Waals surface area (Å²) in [4.78, 5) is 27.2. The van der Waals surface area contributed by atoms with Gasteiger partial charge in [0.2, 0.25) is 0 Å². The summed E-state index contributed by atoms with van der Waals surface area (Å²) < 4.78 is 3.93. The number of aromatic amines is 1. The van der Waals surface area contributed by atoms with Gasteiger partial charge in [0, 0.05) is 43.0 Å². The first-order chi connectivity index (χ1) is 13.4. The first-order valence-corrected chi connectivity index (χ1v) is 9.00. The lowest BCUT2D eigenvalue weighted by Gasteiger charge is -2.11. The number of H-pyrrole nitrogens is 1. The molecule has 1 aromatic carbocycles. The number of carbonyl (C=O) groups excluding carboxylic acids is 1. The highest BCUT2D eigenvalue weighted by atomic mass is 32.1. The molecule has 2 aromatic heterocycles. The highest BCUT2D eigenvalue weighted by molar-refractivity contribution is 7.71. The first kappa shape index (κ1) is 19.4. The van der Waals surface area contributed by atoms with Crippen LogP contribution in [-0.2, 0) is 6.42 Å². The average Bonchev–Trinajstić information content (AvgIpc) is 3.31. The molecule has 0 atom stereocenters. The van der Waals surface area contributed by atoms with E-state index in [1.165, 1.54) is 29.2 Å². The van der Waals surface area contributed by atoms with E-state index in [-0.39, 0.29) is 17.3 Å². The fraction of sp³-hybridized carbons (Fsp3) is 0.294. The lowest BCUT2D eigenvalue weighted by atomic mass is 10.1. The summed E-state index contributed by atoms with van der Waals surface area (Å²) in [7, 11) is 0. The Morgan fingerprint density at radius 1 is 1.43 bits per heavy atom. The van der Waals surface area contributed by atoms with Crippen molar-refractivity contribution in [2.24, 2.45) is 0 Å². The number of benzene rings is 1. The van der Waals surface area contributed by atoms with Gasteiger partial charge in [0.1, 0.15) is 11.5 Å². The minimum Gasteiger partial charge on any atom is -0.352 e. The van der Waals surface area contributed by atoms with Gasteiger partial charge in [-0.2, -0.15) is 5.10 Å². The fourth-order valence-corrected chi connectivity index (χ4v) is 3.23. The van der Waals surface area contributed by atoms with Gasteiger partial charge in [-0.15, -0.1) is 0 Å². The van der Waals surface area contributed by atoms with E-state index >= 15 is 0 Å². The summed E-state index contributed by atoms with van der Waals surface area (Å²) in [5.41, 5.74) is 0.371. The fourth-order valence-electron chi connectivity index (χ4n) is 2.87. The Morgan fingerprint density at radius 2 is 2.21 bits per heavy atom. The van der Waals surface area contributed by atoms with E-state index in [2.05, 4.69) is 20.5 Å². The van der Waals surface area contributed by atoms with Crippen LogP contribution in [0.3, 0.4) is 0 Å². The summed E-state index contributed by atoms with van der Waals surface area (Å²) in [6.07, 6.45) is 5.07. The third kappa shape index (κ3) is 3.98. The van der Waals surface area contributed by atoms with Crippen LogP contribution in [-0.4, -0.2) is 41.7 Å². The van der Waals surface area contributed by atoms with Gasteiger partial charge in [-0.3, -0.25) is 20.0 Å². The van der Waals surface area contributed by atoms with Crippen molar-refractivity contribution in [2.75, 3.05) is 6.54 Å². The van der Waals surface area contributed by atoms with Crippen molar-refractivity contribution >= 4 is 23.8 Å². The Labute approximate surface area is 165 Å². The zero-order valence-electron chi connectivity index (χ0n) is 15.3. The second-order valence-electron chi connectivity index (χ2n) is 6.35. The maximum Gasteiger partial charge on any atom is 0.294 e. The van der Waals surface area contributed by atoms with E-state index < -0.39 is 10.8 Å². The standard InChI is InChI=1S/C17H19N7O3S/c1-11(2)23-15(20-21-17(23)28)5-6-19-16(25)12-3-4-13(14(9-12)24(26)27)22-8-7-18-10-22/h3-4,7-11H,5-6H2,1-2H3,(H,19,25)(H,21,28). The summed E-state index contributed by atoms with van der Waals surface area (Å²) in [5, 5.41) is 21.1. The molecule has 1 amide bonds. The molecule has 0 radical (unpaired) electrons. The van der Waals surface area contributed by atoms with Crippen molar-refractivity contribution in [2.45, 2.75) is 26.3 Å². The molecule has 0 aliphatic carbocycles. The number of hydrogen-bond donors (Lipinski definition) is 2. The molecule has 2 N–H and O–H groups in total. The molecule has 0 aliphatic rings. The SMILES string of the molecule is CC(C)n1c(CCNC(=O)c2ccc(-n3ccnc3)c([N+](=O)[O-])c2)n[nH]c1=S.